The van der Waals surface area contributed by atoms with Crippen molar-refractivity contribution in [1.29, 1.82) is 0 Å². The topological polar surface area (TPSA) is 54.9 Å². The fourth-order valence-electron chi connectivity index (χ4n) is 2.06. The lowest BCUT2D eigenvalue weighted by Crippen LogP contribution is -2.49. The highest BCUT2D eigenvalue weighted by molar-refractivity contribution is 14.0. The number of hydrogen-bond acceptors (Lipinski definition) is 3. The molecule has 1 heterocycles. The van der Waals surface area contributed by atoms with E-state index < -0.39 is 0 Å². The molecule has 2 N–H and O–H groups in total. The van der Waals surface area contributed by atoms with Gasteiger partial charge in [-0.1, -0.05) is 0 Å². The van der Waals surface area contributed by atoms with E-state index in [0.717, 1.165) is 38.6 Å². The first kappa shape index (κ1) is 19.9. The maximum atomic E-state index is 5.69. The van der Waals surface area contributed by atoms with Crippen molar-refractivity contribution in [2.24, 2.45) is 4.99 Å². The van der Waals surface area contributed by atoms with Crippen LogP contribution < -0.4 is 10.6 Å². The molecule has 0 bridgehead atoms. The van der Waals surface area contributed by atoms with Crippen molar-refractivity contribution in [3.63, 3.8) is 0 Å². The Bertz CT molecular complexity index is 297. The number of guanidine groups is 1. The van der Waals surface area contributed by atoms with Gasteiger partial charge in [0.2, 0.25) is 0 Å². The Morgan fingerprint density at radius 1 is 1.30 bits per heavy atom. The Balaban J connectivity index is 0.00000361. The minimum Gasteiger partial charge on any atom is -0.381 e. The van der Waals surface area contributed by atoms with E-state index in [2.05, 4.69) is 43.3 Å². The van der Waals surface area contributed by atoms with E-state index in [1.54, 1.807) is 7.11 Å². The van der Waals surface area contributed by atoms with Crippen molar-refractivity contribution in [2.75, 3.05) is 33.4 Å². The van der Waals surface area contributed by atoms with Gasteiger partial charge in [0.15, 0.2) is 5.96 Å². The molecule has 1 saturated heterocycles. The minimum absolute atomic E-state index is 0. The van der Waals surface area contributed by atoms with Crippen LogP contribution in [0.25, 0.3) is 0 Å². The number of methoxy groups -OCH3 is 1. The van der Waals surface area contributed by atoms with Crippen molar-refractivity contribution < 1.29 is 9.47 Å². The summed E-state index contributed by atoms with van der Waals surface area (Å²) in [5.74, 6) is 0.845. The molecular weight excluding hydrogens is 369 g/mol. The zero-order valence-corrected chi connectivity index (χ0v) is 15.7. The predicted octanol–water partition coefficient (Wildman–Crippen LogP) is 2.15. The summed E-state index contributed by atoms with van der Waals surface area (Å²) in [6.07, 6.45) is 1.81. The molecule has 5 nitrogen and oxygen atoms in total. The highest BCUT2D eigenvalue weighted by Gasteiger charge is 2.32. The lowest BCUT2D eigenvalue weighted by Gasteiger charge is -2.35. The number of nitrogens with one attached hydrogen (secondary N) is 2. The molecule has 0 aromatic carbocycles. The van der Waals surface area contributed by atoms with Crippen LogP contribution >= 0.6 is 24.0 Å². The molecule has 0 amide bonds. The standard InChI is InChI=1S/C14H29N3O2.HI/c1-6-15-12(17-13(2,3)4)16-11-14(18-5)7-9-19-10-8-14;/h6-11H2,1-5H3,(H2,15,16,17);1H. The number of aliphatic imine (C=N–C) groups is 1. The van der Waals surface area contributed by atoms with Crippen molar-refractivity contribution in [3.05, 3.63) is 0 Å². The normalized spacial score (nSPS) is 19.1. The summed E-state index contributed by atoms with van der Waals surface area (Å²) in [4.78, 5) is 4.68. The average molecular weight is 399 g/mol. The average Bonchev–Trinajstić information content (AvgIpc) is 2.36. The first-order chi connectivity index (χ1) is 8.91. The highest BCUT2D eigenvalue weighted by Crippen LogP contribution is 2.24. The Labute approximate surface area is 140 Å². The van der Waals surface area contributed by atoms with Gasteiger partial charge in [-0.25, -0.2) is 0 Å². The zero-order valence-electron chi connectivity index (χ0n) is 13.4. The summed E-state index contributed by atoms with van der Waals surface area (Å²) in [7, 11) is 1.77. The predicted molar refractivity (Wildman–Crippen MR) is 94.1 cm³/mol. The summed E-state index contributed by atoms with van der Waals surface area (Å²) < 4.78 is 11.1. The van der Waals surface area contributed by atoms with Crippen LogP contribution in [0, 0.1) is 0 Å². The second kappa shape index (κ2) is 9.04. The highest BCUT2D eigenvalue weighted by atomic mass is 127. The van der Waals surface area contributed by atoms with Crippen LogP contribution in [0.5, 0.6) is 0 Å². The van der Waals surface area contributed by atoms with E-state index in [1.807, 2.05) is 0 Å². The summed E-state index contributed by atoms with van der Waals surface area (Å²) in [6, 6.07) is 0. The quantitative estimate of drug-likeness (QED) is 0.432. The zero-order chi connectivity index (χ0) is 14.4. The molecule has 6 heteroatoms. The van der Waals surface area contributed by atoms with Gasteiger partial charge < -0.3 is 20.1 Å². The summed E-state index contributed by atoms with van der Waals surface area (Å²) in [5, 5.41) is 6.66. The number of hydrogen-bond donors (Lipinski definition) is 2. The lowest BCUT2D eigenvalue weighted by molar-refractivity contribution is -0.0829. The van der Waals surface area contributed by atoms with Gasteiger partial charge in [0.05, 0.1) is 12.1 Å². The van der Waals surface area contributed by atoms with Crippen LogP contribution in [0.1, 0.15) is 40.5 Å². The van der Waals surface area contributed by atoms with Gasteiger partial charge in [0, 0.05) is 45.2 Å². The van der Waals surface area contributed by atoms with Gasteiger partial charge in [0.25, 0.3) is 0 Å². The molecule has 120 valence electrons. The molecule has 0 spiro atoms. The molecule has 0 aliphatic carbocycles. The van der Waals surface area contributed by atoms with Gasteiger partial charge in [-0.05, 0) is 27.7 Å². The molecule has 20 heavy (non-hydrogen) atoms. The van der Waals surface area contributed by atoms with Crippen LogP contribution in [-0.4, -0.2) is 50.5 Å². The van der Waals surface area contributed by atoms with Gasteiger partial charge in [-0.15, -0.1) is 24.0 Å². The van der Waals surface area contributed by atoms with E-state index in [1.165, 1.54) is 0 Å². The molecule has 1 fully saturated rings. The minimum atomic E-state index is -0.168. The van der Waals surface area contributed by atoms with Gasteiger partial charge in [-0.2, -0.15) is 0 Å². The summed E-state index contributed by atoms with van der Waals surface area (Å²) >= 11 is 0. The van der Waals surface area contributed by atoms with Crippen LogP contribution in [0.2, 0.25) is 0 Å². The first-order valence-corrected chi connectivity index (χ1v) is 7.10. The van der Waals surface area contributed by atoms with E-state index in [-0.39, 0.29) is 35.1 Å². The van der Waals surface area contributed by atoms with Crippen molar-refractivity contribution in [2.45, 2.75) is 51.7 Å². The van der Waals surface area contributed by atoms with Crippen molar-refractivity contribution in [3.8, 4) is 0 Å². The van der Waals surface area contributed by atoms with Gasteiger partial charge in [0.1, 0.15) is 0 Å². The van der Waals surface area contributed by atoms with Gasteiger partial charge in [-0.3, -0.25) is 4.99 Å². The molecule has 0 aromatic rings. The Hall–Kier alpha value is -0.0800. The summed E-state index contributed by atoms with van der Waals surface area (Å²) in [6.45, 7) is 11.5. The second-order valence-electron chi connectivity index (χ2n) is 6.07. The molecule has 1 aliphatic rings. The Kier molecular flexibility index (Phi) is 9.01. The van der Waals surface area contributed by atoms with Crippen molar-refractivity contribution >= 4 is 29.9 Å². The molecule has 0 radical (unpaired) electrons. The largest absolute Gasteiger partial charge is 0.381 e. The van der Waals surface area contributed by atoms with E-state index in [9.17, 15) is 0 Å². The van der Waals surface area contributed by atoms with Crippen molar-refractivity contribution in [1.82, 2.24) is 10.6 Å². The Morgan fingerprint density at radius 2 is 1.90 bits per heavy atom. The molecule has 0 saturated carbocycles. The fourth-order valence-corrected chi connectivity index (χ4v) is 2.06. The number of nitrogens with zero attached hydrogens (tertiary/aromatic N) is 1. The van der Waals surface area contributed by atoms with Crippen LogP contribution in [-0.2, 0) is 9.47 Å². The maximum Gasteiger partial charge on any atom is 0.191 e. The first-order valence-electron chi connectivity index (χ1n) is 7.10. The van der Waals surface area contributed by atoms with E-state index in [0.29, 0.717) is 6.54 Å². The third-order valence-corrected chi connectivity index (χ3v) is 3.20. The monoisotopic (exact) mass is 399 g/mol. The van der Waals surface area contributed by atoms with Crippen LogP contribution in [0.15, 0.2) is 4.99 Å². The van der Waals surface area contributed by atoms with E-state index in [4.69, 9.17) is 9.47 Å². The number of halogens is 1. The third kappa shape index (κ3) is 7.08. The number of ether oxygens (including phenoxy) is 2. The molecule has 0 atom stereocenters. The molecular formula is C14H30IN3O2. The summed E-state index contributed by atoms with van der Waals surface area (Å²) in [5.41, 5.74) is -0.171. The molecule has 0 unspecified atom stereocenters. The third-order valence-electron chi connectivity index (χ3n) is 3.20. The van der Waals surface area contributed by atoms with Crippen LogP contribution in [0.3, 0.4) is 0 Å². The molecule has 1 rings (SSSR count). The van der Waals surface area contributed by atoms with E-state index >= 15 is 0 Å². The SMILES string of the molecule is CCNC(=NCC1(OC)CCOCC1)NC(C)(C)C.I. The maximum absolute atomic E-state index is 5.69. The Morgan fingerprint density at radius 3 is 2.35 bits per heavy atom. The molecule has 1 aliphatic heterocycles. The number of rotatable bonds is 4. The molecule has 0 aromatic heterocycles. The smallest absolute Gasteiger partial charge is 0.191 e. The van der Waals surface area contributed by atoms with Gasteiger partial charge >= 0.3 is 0 Å². The van der Waals surface area contributed by atoms with Crippen LogP contribution in [0.4, 0.5) is 0 Å². The fraction of sp³-hybridized carbons (Fsp3) is 0.929. The lowest BCUT2D eigenvalue weighted by atomic mass is 9.94. The second-order valence-corrected chi connectivity index (χ2v) is 6.07.